The summed E-state index contributed by atoms with van der Waals surface area (Å²) in [6.07, 6.45) is 2.66. The van der Waals surface area contributed by atoms with Gasteiger partial charge in [0.25, 0.3) is 0 Å². The van der Waals surface area contributed by atoms with Gasteiger partial charge in [-0.25, -0.2) is 18.7 Å². The van der Waals surface area contributed by atoms with Crippen LogP contribution in [0.3, 0.4) is 0 Å². The average Bonchev–Trinajstić information content (AvgIpc) is 3.03. The lowest BCUT2D eigenvalue weighted by atomic mass is 10.1. The van der Waals surface area contributed by atoms with Gasteiger partial charge in [0.1, 0.15) is 28.8 Å². The molecule has 2 atom stereocenters. The summed E-state index contributed by atoms with van der Waals surface area (Å²) >= 11 is 6.83. The zero-order chi connectivity index (χ0) is 33.8. The van der Waals surface area contributed by atoms with Crippen molar-refractivity contribution in [2.24, 2.45) is 0 Å². The Bertz CT molecular complexity index is 1970. The Morgan fingerprint density at radius 2 is 1.83 bits per heavy atom. The van der Waals surface area contributed by atoms with Crippen LogP contribution < -0.4 is 20.1 Å². The van der Waals surface area contributed by atoms with Crippen molar-refractivity contribution < 1.29 is 27.4 Å². The lowest BCUT2D eigenvalue weighted by molar-refractivity contribution is -0.128. The summed E-state index contributed by atoms with van der Waals surface area (Å²) in [4.78, 5) is 44.1. The molecule has 2 aliphatic heterocycles. The van der Waals surface area contributed by atoms with Gasteiger partial charge in [0, 0.05) is 37.4 Å². The molecule has 47 heavy (non-hydrogen) atoms. The van der Waals surface area contributed by atoms with Crippen molar-refractivity contribution in [2.75, 3.05) is 31.2 Å². The third-order valence-corrected chi connectivity index (χ3v) is 8.58. The van der Waals surface area contributed by atoms with E-state index in [1.165, 1.54) is 36.5 Å². The van der Waals surface area contributed by atoms with Crippen molar-refractivity contribution in [2.45, 2.75) is 51.6 Å². The molecular weight excluding hydrogens is 637 g/mol. The predicted octanol–water partition coefficient (Wildman–Crippen LogP) is 5.78. The molecule has 5 heterocycles. The molecule has 0 saturated carbocycles. The number of aromatic nitrogens is 4. The third kappa shape index (κ3) is 5.77. The van der Waals surface area contributed by atoms with E-state index in [1.807, 2.05) is 32.6 Å². The highest BCUT2D eigenvalue weighted by atomic mass is 35.5. The van der Waals surface area contributed by atoms with Crippen molar-refractivity contribution >= 4 is 34.4 Å². The highest BCUT2D eigenvalue weighted by molar-refractivity contribution is 6.34. The SMILES string of the molecule is C=CC(=O)N1C[C@H](C)N(c2nc(=O)n3c4nc(c(Cl)cc24)-c2c(F)cccc2OCC(F)(F)COc2ccnc(C(C)C)c2-3)C[C@H]1C. The van der Waals surface area contributed by atoms with Crippen LogP contribution >= 0.6 is 11.6 Å². The fourth-order valence-electron chi connectivity index (χ4n) is 6.03. The van der Waals surface area contributed by atoms with E-state index in [0.29, 0.717) is 24.2 Å². The first-order valence-electron chi connectivity index (χ1n) is 15.1. The lowest BCUT2D eigenvalue weighted by Gasteiger charge is -2.44. The van der Waals surface area contributed by atoms with E-state index in [4.69, 9.17) is 26.1 Å². The Morgan fingerprint density at radius 1 is 1.11 bits per heavy atom. The predicted molar refractivity (Wildman–Crippen MR) is 172 cm³/mol. The van der Waals surface area contributed by atoms with Gasteiger partial charge in [-0.2, -0.15) is 13.8 Å². The third-order valence-electron chi connectivity index (χ3n) is 8.29. The number of ether oxygens (including phenoxy) is 2. The number of pyridine rings is 2. The summed E-state index contributed by atoms with van der Waals surface area (Å²) in [5, 5.41) is 0.291. The Hall–Kier alpha value is -4.65. The Labute approximate surface area is 273 Å². The molecule has 0 N–H and O–H groups in total. The zero-order valence-electron chi connectivity index (χ0n) is 26.1. The molecule has 3 aromatic heterocycles. The van der Waals surface area contributed by atoms with Gasteiger partial charge in [0.15, 0.2) is 18.9 Å². The first-order valence-corrected chi connectivity index (χ1v) is 15.4. The molecule has 0 unspecified atom stereocenters. The number of alkyl halides is 2. The molecule has 1 fully saturated rings. The van der Waals surface area contributed by atoms with Gasteiger partial charge in [-0.15, -0.1) is 0 Å². The second-order valence-corrected chi connectivity index (χ2v) is 12.4. The highest BCUT2D eigenvalue weighted by Crippen LogP contribution is 2.41. The molecular formula is C33H32ClF3N6O4. The molecule has 1 aromatic carbocycles. The van der Waals surface area contributed by atoms with Crippen LogP contribution in [0.4, 0.5) is 19.0 Å². The standard InChI is InChI=1S/C33H32ClF3N6O4/c1-6-25(44)41-13-19(5)42(14-18(41)4)30-20-12-21(34)28-26-22(35)8-7-9-23(26)46-15-33(36,37)16-47-24-10-11-38-27(17(2)3)29(24)43(31(20)39-28)32(45)40-30/h6-12,17-19H,1,13-16H2,2-5H3/t18-,19+/m1/s1. The van der Waals surface area contributed by atoms with Gasteiger partial charge >= 0.3 is 11.6 Å². The molecule has 0 spiro atoms. The van der Waals surface area contributed by atoms with Crippen LogP contribution in [0.1, 0.15) is 39.3 Å². The topological polar surface area (TPSA) is 103 Å². The highest BCUT2D eigenvalue weighted by Gasteiger charge is 2.36. The Morgan fingerprint density at radius 3 is 2.53 bits per heavy atom. The number of rotatable bonds is 3. The van der Waals surface area contributed by atoms with E-state index in [0.717, 1.165) is 10.6 Å². The van der Waals surface area contributed by atoms with E-state index in [-0.39, 0.29) is 68.8 Å². The second kappa shape index (κ2) is 12.2. The molecule has 2 bridgehead atoms. The van der Waals surface area contributed by atoms with Gasteiger partial charge in [-0.1, -0.05) is 38.1 Å². The molecule has 0 radical (unpaired) electrons. The summed E-state index contributed by atoms with van der Waals surface area (Å²) in [7, 11) is 0. The molecule has 4 aromatic rings. The van der Waals surface area contributed by atoms with Gasteiger partial charge in [0.2, 0.25) is 5.91 Å². The van der Waals surface area contributed by atoms with Gasteiger partial charge in [0.05, 0.1) is 27.4 Å². The van der Waals surface area contributed by atoms with Crippen LogP contribution in [0.25, 0.3) is 28.0 Å². The minimum absolute atomic E-state index is 0.0174. The van der Waals surface area contributed by atoms with Crippen LogP contribution in [0.2, 0.25) is 5.02 Å². The van der Waals surface area contributed by atoms with Gasteiger partial charge in [-0.05, 0) is 44.0 Å². The van der Waals surface area contributed by atoms with Crippen LogP contribution in [0, 0.1) is 5.82 Å². The largest absolute Gasteiger partial charge is 0.486 e. The number of anilines is 1. The molecule has 246 valence electrons. The van der Waals surface area contributed by atoms with E-state index < -0.39 is 30.6 Å². The molecule has 6 rings (SSSR count). The summed E-state index contributed by atoms with van der Waals surface area (Å²) < 4.78 is 58.2. The number of benzene rings is 1. The van der Waals surface area contributed by atoms with Gasteiger partial charge in [-0.3, -0.25) is 9.78 Å². The van der Waals surface area contributed by atoms with E-state index in [1.54, 1.807) is 4.90 Å². The molecule has 0 aliphatic carbocycles. The monoisotopic (exact) mass is 668 g/mol. The first-order chi connectivity index (χ1) is 22.3. The summed E-state index contributed by atoms with van der Waals surface area (Å²) in [6, 6.07) is 6.13. The molecule has 10 nitrogen and oxygen atoms in total. The lowest BCUT2D eigenvalue weighted by Crippen LogP contribution is -2.58. The molecule has 1 amide bonds. The van der Waals surface area contributed by atoms with E-state index >= 15 is 13.2 Å². The van der Waals surface area contributed by atoms with E-state index in [2.05, 4.69) is 16.5 Å². The number of hydrogen-bond donors (Lipinski definition) is 0. The van der Waals surface area contributed by atoms with Crippen LogP contribution in [0.15, 0.2) is 54.0 Å². The average molecular weight is 669 g/mol. The van der Waals surface area contributed by atoms with Gasteiger partial charge < -0.3 is 19.3 Å². The van der Waals surface area contributed by atoms with E-state index in [9.17, 15) is 9.59 Å². The fraction of sp³-hybridized carbons (Fsp3) is 0.364. The number of carbonyl (C=O) groups excluding carboxylic acids is 1. The number of carbonyl (C=O) groups is 1. The summed E-state index contributed by atoms with van der Waals surface area (Å²) in [5.41, 5.74) is -0.724. The molecule has 14 heteroatoms. The normalized spacial score (nSPS) is 19.2. The smallest absolute Gasteiger partial charge is 0.356 e. The van der Waals surface area contributed by atoms with Crippen molar-refractivity contribution in [3.05, 3.63) is 76.2 Å². The minimum atomic E-state index is -3.52. The second-order valence-electron chi connectivity index (χ2n) is 12.0. The number of amides is 1. The fourth-order valence-corrected chi connectivity index (χ4v) is 6.27. The number of halogens is 4. The van der Waals surface area contributed by atoms with Crippen LogP contribution in [-0.2, 0) is 4.79 Å². The summed E-state index contributed by atoms with van der Waals surface area (Å²) in [6.45, 7) is 9.41. The number of hydrogen-bond acceptors (Lipinski definition) is 8. The first kappa shape index (κ1) is 32.3. The molecule has 1 saturated heterocycles. The maximum absolute atomic E-state index is 15.6. The summed E-state index contributed by atoms with van der Waals surface area (Å²) in [5.74, 6) is -4.88. The number of piperazine rings is 1. The maximum Gasteiger partial charge on any atom is 0.356 e. The van der Waals surface area contributed by atoms with Crippen LogP contribution in [-0.4, -0.2) is 74.6 Å². The quantitative estimate of drug-likeness (QED) is 0.254. The van der Waals surface area contributed by atoms with Crippen molar-refractivity contribution in [3.63, 3.8) is 0 Å². The van der Waals surface area contributed by atoms with Crippen molar-refractivity contribution in [1.29, 1.82) is 0 Å². The van der Waals surface area contributed by atoms with Crippen LogP contribution in [0.5, 0.6) is 11.5 Å². The molecule has 2 aliphatic rings. The Balaban J connectivity index is 1.70. The van der Waals surface area contributed by atoms with Crippen molar-refractivity contribution in [3.8, 4) is 28.4 Å². The minimum Gasteiger partial charge on any atom is -0.486 e. The van der Waals surface area contributed by atoms with Crippen molar-refractivity contribution in [1.82, 2.24) is 24.4 Å². The zero-order valence-corrected chi connectivity index (χ0v) is 26.9. The number of nitrogens with zero attached hydrogens (tertiary/aromatic N) is 6. The maximum atomic E-state index is 15.6. The number of fused-ring (bicyclic) bond motifs is 5. The Kier molecular flexibility index (Phi) is 8.37.